The molecule has 0 radical (unpaired) electrons. The first kappa shape index (κ1) is 12.0. The normalized spacial score (nSPS) is 47.5. The molecule has 1 spiro atoms. The number of hydrogen-bond donors (Lipinski definition) is 2. The van der Waals surface area contributed by atoms with Gasteiger partial charge in [0.25, 0.3) is 0 Å². The number of rotatable bonds is 3. The monoisotopic (exact) mass is 288 g/mol. The van der Waals surface area contributed by atoms with Crippen LogP contribution in [0.4, 0.5) is 9.18 Å². The molecule has 1 aromatic carbocycles. The molecule has 5 heteroatoms. The van der Waals surface area contributed by atoms with Crippen LogP contribution in [0.2, 0.25) is 0 Å². The quantitative estimate of drug-likeness (QED) is 0.888. The van der Waals surface area contributed by atoms with Crippen LogP contribution in [-0.2, 0) is 11.3 Å². The van der Waals surface area contributed by atoms with Gasteiger partial charge in [-0.15, -0.1) is 0 Å². The summed E-state index contributed by atoms with van der Waals surface area (Å²) in [5.41, 5.74) is -0.337. The van der Waals surface area contributed by atoms with Crippen LogP contribution >= 0.6 is 0 Å². The zero-order chi connectivity index (χ0) is 14.2. The second kappa shape index (κ2) is 3.58. The molecule has 5 fully saturated rings. The Labute approximate surface area is 122 Å². The van der Waals surface area contributed by atoms with Gasteiger partial charge in [0.1, 0.15) is 6.61 Å². The van der Waals surface area contributed by atoms with Crippen molar-refractivity contribution in [1.82, 2.24) is 10.6 Å². The third kappa shape index (κ3) is 1.35. The lowest BCUT2D eigenvalue weighted by atomic mass is 9.88. The number of amides is 1. The van der Waals surface area contributed by atoms with Crippen molar-refractivity contribution >= 4 is 6.09 Å². The Hall–Kier alpha value is -1.62. The third-order valence-corrected chi connectivity index (χ3v) is 5.99. The standard InChI is InChI=1S/C16H17FN2O2/c17-16-11-10-6-15(10,8-18-12(11)16)13(16)19-14(20)21-7-9-4-2-1-3-5-9/h1-5,10-13,18H,6-8H2,(H,19,20)/t10?,11?,12-,13+,15?,16+/m0/s1. The van der Waals surface area contributed by atoms with Crippen molar-refractivity contribution in [3.8, 4) is 0 Å². The van der Waals surface area contributed by atoms with Gasteiger partial charge in [-0.05, 0) is 17.9 Å². The van der Waals surface area contributed by atoms with Crippen LogP contribution in [0.1, 0.15) is 12.0 Å². The Morgan fingerprint density at radius 2 is 2.24 bits per heavy atom. The van der Waals surface area contributed by atoms with E-state index in [0.29, 0.717) is 5.92 Å². The van der Waals surface area contributed by atoms with Gasteiger partial charge in [-0.2, -0.15) is 0 Å². The molecule has 6 rings (SSSR count). The van der Waals surface area contributed by atoms with E-state index in [1.807, 2.05) is 30.3 Å². The van der Waals surface area contributed by atoms with E-state index in [0.717, 1.165) is 18.5 Å². The molecule has 4 nitrogen and oxygen atoms in total. The number of nitrogens with one attached hydrogen (secondary N) is 2. The first-order valence-corrected chi connectivity index (χ1v) is 7.56. The van der Waals surface area contributed by atoms with Crippen molar-refractivity contribution in [1.29, 1.82) is 0 Å². The molecule has 110 valence electrons. The highest BCUT2D eigenvalue weighted by molar-refractivity contribution is 5.69. The summed E-state index contributed by atoms with van der Waals surface area (Å²) in [6, 6.07) is 9.10. The first-order valence-electron chi connectivity index (χ1n) is 7.56. The highest BCUT2D eigenvalue weighted by atomic mass is 19.1. The van der Waals surface area contributed by atoms with Crippen LogP contribution < -0.4 is 10.6 Å². The summed E-state index contributed by atoms with van der Waals surface area (Å²) in [5, 5.41) is 6.09. The van der Waals surface area contributed by atoms with Crippen molar-refractivity contribution in [2.45, 2.75) is 30.8 Å². The van der Waals surface area contributed by atoms with Crippen LogP contribution in [0.15, 0.2) is 30.3 Å². The minimum absolute atomic E-state index is 0.0417. The molecule has 6 atom stereocenters. The summed E-state index contributed by atoms with van der Waals surface area (Å²) >= 11 is 0. The highest BCUT2D eigenvalue weighted by Crippen LogP contribution is 2.81. The Bertz CT molecular complexity index is 616. The average Bonchev–Trinajstić information content (AvgIpc) is 3.36. The number of ether oxygens (including phenoxy) is 1. The molecule has 21 heavy (non-hydrogen) atoms. The lowest BCUT2D eigenvalue weighted by molar-refractivity contribution is 0.0971. The van der Waals surface area contributed by atoms with E-state index in [4.69, 9.17) is 4.74 Å². The number of fused-ring (bicyclic) bond motifs is 1. The minimum atomic E-state index is -1.23. The largest absolute Gasteiger partial charge is 0.445 e. The fourth-order valence-corrected chi connectivity index (χ4v) is 4.95. The van der Waals surface area contributed by atoms with Crippen LogP contribution in [0.25, 0.3) is 0 Å². The Balaban J connectivity index is 1.26. The van der Waals surface area contributed by atoms with Gasteiger partial charge >= 0.3 is 6.09 Å². The maximum atomic E-state index is 14.9. The summed E-state index contributed by atoms with van der Waals surface area (Å²) in [6.45, 7) is 1.05. The van der Waals surface area contributed by atoms with E-state index in [9.17, 15) is 9.18 Å². The molecule has 3 saturated carbocycles. The van der Waals surface area contributed by atoms with E-state index in [-0.39, 0.29) is 30.0 Å². The zero-order valence-corrected chi connectivity index (χ0v) is 11.5. The number of halogens is 1. The van der Waals surface area contributed by atoms with Gasteiger partial charge in [-0.25, -0.2) is 9.18 Å². The molecule has 1 aromatic rings. The second-order valence-corrected chi connectivity index (χ2v) is 6.89. The van der Waals surface area contributed by atoms with Crippen LogP contribution in [0, 0.1) is 17.3 Å². The summed E-state index contributed by atoms with van der Waals surface area (Å²) in [5.74, 6) is 0.582. The molecule has 5 aliphatic rings. The molecular weight excluding hydrogens is 271 g/mol. The van der Waals surface area contributed by atoms with E-state index in [2.05, 4.69) is 10.6 Å². The number of benzene rings is 1. The molecule has 2 saturated heterocycles. The van der Waals surface area contributed by atoms with Crippen LogP contribution in [0.5, 0.6) is 0 Å². The smallest absolute Gasteiger partial charge is 0.407 e. The van der Waals surface area contributed by atoms with Gasteiger partial charge in [0, 0.05) is 23.9 Å². The number of carbonyl (C=O) groups excluding carboxylic acids is 1. The van der Waals surface area contributed by atoms with Crippen molar-refractivity contribution in [2.24, 2.45) is 17.3 Å². The van der Waals surface area contributed by atoms with E-state index in [1.165, 1.54) is 0 Å². The number of alkyl halides is 1. The minimum Gasteiger partial charge on any atom is -0.445 e. The topological polar surface area (TPSA) is 50.4 Å². The molecule has 2 heterocycles. The number of alkyl carbamates (subject to hydrolysis) is 1. The van der Waals surface area contributed by atoms with E-state index in [1.54, 1.807) is 0 Å². The fraction of sp³-hybridized carbons (Fsp3) is 0.562. The molecule has 1 amide bonds. The third-order valence-electron chi connectivity index (χ3n) is 5.99. The van der Waals surface area contributed by atoms with Crippen molar-refractivity contribution in [2.75, 3.05) is 6.54 Å². The van der Waals surface area contributed by atoms with E-state index < -0.39 is 11.8 Å². The SMILES string of the molecule is O=C(N[C@@H]1C23CN[C@H]4C(C2C3)[C@]14F)OCc1ccccc1. The van der Waals surface area contributed by atoms with Gasteiger partial charge < -0.3 is 15.4 Å². The highest BCUT2D eigenvalue weighted by Gasteiger charge is 2.92. The fourth-order valence-electron chi connectivity index (χ4n) is 4.95. The molecule has 3 unspecified atom stereocenters. The zero-order valence-electron chi connectivity index (χ0n) is 11.5. The van der Waals surface area contributed by atoms with Gasteiger partial charge in [0.15, 0.2) is 5.67 Å². The summed E-state index contributed by atoms with van der Waals surface area (Å²) < 4.78 is 20.1. The Kier molecular flexibility index (Phi) is 2.04. The van der Waals surface area contributed by atoms with Gasteiger partial charge in [-0.3, -0.25) is 0 Å². The van der Waals surface area contributed by atoms with Crippen molar-refractivity contribution < 1.29 is 13.9 Å². The molecular formula is C16H17FN2O2. The summed E-state index contributed by atoms with van der Waals surface area (Å²) in [4.78, 5) is 12.0. The summed E-state index contributed by atoms with van der Waals surface area (Å²) in [7, 11) is 0. The van der Waals surface area contributed by atoms with E-state index >= 15 is 0 Å². The maximum absolute atomic E-state index is 14.9. The van der Waals surface area contributed by atoms with Gasteiger partial charge in [0.2, 0.25) is 0 Å². The maximum Gasteiger partial charge on any atom is 0.407 e. The lowest BCUT2D eigenvalue weighted by Gasteiger charge is -2.34. The average molecular weight is 288 g/mol. The Morgan fingerprint density at radius 1 is 1.43 bits per heavy atom. The van der Waals surface area contributed by atoms with Crippen LogP contribution in [-0.4, -0.2) is 30.4 Å². The second-order valence-electron chi connectivity index (χ2n) is 6.89. The Morgan fingerprint density at radius 3 is 2.95 bits per heavy atom. The van der Waals surface area contributed by atoms with Crippen LogP contribution in [0.3, 0.4) is 0 Å². The number of piperidine rings is 2. The summed E-state index contributed by atoms with van der Waals surface area (Å²) in [6.07, 6.45) is 0.537. The number of carbonyl (C=O) groups is 1. The molecule has 4 bridgehead atoms. The molecule has 2 N–H and O–H groups in total. The van der Waals surface area contributed by atoms with Crippen molar-refractivity contribution in [3.05, 3.63) is 35.9 Å². The molecule has 2 aliphatic heterocycles. The van der Waals surface area contributed by atoms with Gasteiger partial charge in [-0.1, -0.05) is 30.3 Å². The lowest BCUT2D eigenvalue weighted by Crippen LogP contribution is -2.58. The predicted molar refractivity (Wildman–Crippen MR) is 73.2 cm³/mol. The molecule has 3 aliphatic carbocycles. The predicted octanol–water partition coefficient (Wildman–Crippen LogP) is 1.61. The van der Waals surface area contributed by atoms with Gasteiger partial charge in [0.05, 0.1) is 6.04 Å². The molecule has 0 aromatic heterocycles. The van der Waals surface area contributed by atoms with Crippen molar-refractivity contribution in [3.63, 3.8) is 0 Å². The first-order chi connectivity index (χ1) is 10.2. The number of hydrogen-bond acceptors (Lipinski definition) is 3.